The molecule has 6 heteroatoms. The number of aromatic amines is 1. The van der Waals surface area contributed by atoms with E-state index in [4.69, 9.17) is 0 Å². The number of hydrogen-bond donors (Lipinski definition) is 2. The molecule has 5 nitrogen and oxygen atoms in total. The maximum atomic E-state index is 11.6. The number of pyridine rings is 1. The Balaban J connectivity index is 1.95. The van der Waals surface area contributed by atoms with Gasteiger partial charge in [0.05, 0.1) is 5.75 Å². The molecule has 2 heterocycles. The summed E-state index contributed by atoms with van der Waals surface area (Å²) in [7, 11) is 0.243. The fourth-order valence-electron chi connectivity index (χ4n) is 2.60. The zero-order valence-electron chi connectivity index (χ0n) is 13.2. The van der Waals surface area contributed by atoms with Crippen LogP contribution in [0.2, 0.25) is 0 Å². The monoisotopic (exact) mass is 330 g/mol. The van der Waals surface area contributed by atoms with Crippen molar-refractivity contribution in [3.05, 3.63) is 54.5 Å². The van der Waals surface area contributed by atoms with Crippen molar-refractivity contribution in [2.24, 2.45) is 7.05 Å². The van der Waals surface area contributed by atoms with Crippen LogP contribution in [0, 0.1) is 0 Å². The summed E-state index contributed by atoms with van der Waals surface area (Å²) in [4.78, 5) is 3.27. The van der Waals surface area contributed by atoms with Crippen LogP contribution >= 0.6 is 0 Å². The largest absolute Gasteiger partial charge is 0.361 e. The van der Waals surface area contributed by atoms with E-state index in [1.54, 1.807) is 0 Å². The topological polar surface area (TPSA) is 65.8 Å². The summed E-state index contributed by atoms with van der Waals surface area (Å²) in [5.41, 5.74) is 4.32. The third-order valence-electron chi connectivity index (χ3n) is 4.01. The van der Waals surface area contributed by atoms with Gasteiger partial charge in [0.2, 0.25) is 10.0 Å². The summed E-state index contributed by atoms with van der Waals surface area (Å²) in [6.45, 7) is 0. The van der Waals surface area contributed by atoms with Gasteiger partial charge in [0, 0.05) is 34.8 Å². The van der Waals surface area contributed by atoms with Gasteiger partial charge in [-0.1, -0.05) is 6.07 Å². The Bertz CT molecular complexity index is 928. The van der Waals surface area contributed by atoms with Crippen LogP contribution in [0.15, 0.2) is 48.9 Å². The molecule has 0 atom stereocenters. The number of hydrogen-bond acceptors (Lipinski definition) is 2. The molecule has 0 saturated heterocycles. The van der Waals surface area contributed by atoms with Crippen molar-refractivity contribution in [1.29, 1.82) is 0 Å². The van der Waals surface area contributed by atoms with Gasteiger partial charge in [0.25, 0.3) is 0 Å². The van der Waals surface area contributed by atoms with Gasteiger partial charge in [-0.3, -0.25) is 0 Å². The van der Waals surface area contributed by atoms with Crippen molar-refractivity contribution in [1.82, 2.24) is 9.71 Å². The zero-order chi connectivity index (χ0) is 16.4. The first-order valence-corrected chi connectivity index (χ1v) is 9.10. The predicted molar refractivity (Wildman–Crippen MR) is 91.5 cm³/mol. The molecule has 0 aliphatic carbocycles. The second-order valence-electron chi connectivity index (χ2n) is 5.61. The molecule has 2 aromatic heterocycles. The maximum absolute atomic E-state index is 11.6. The summed E-state index contributed by atoms with van der Waals surface area (Å²) in [6, 6.07) is 10.2. The van der Waals surface area contributed by atoms with E-state index >= 15 is 0 Å². The van der Waals surface area contributed by atoms with Crippen LogP contribution in [0.5, 0.6) is 0 Å². The number of benzene rings is 1. The van der Waals surface area contributed by atoms with Crippen LogP contribution < -0.4 is 9.29 Å². The number of aryl methyl sites for hydroxylation is 2. The molecule has 0 saturated carbocycles. The molecule has 0 spiro atoms. The lowest BCUT2D eigenvalue weighted by Crippen LogP contribution is -2.25. The summed E-state index contributed by atoms with van der Waals surface area (Å²) in [6.07, 6.45) is 6.51. The summed E-state index contributed by atoms with van der Waals surface area (Å²) < 4.78 is 27.5. The summed E-state index contributed by atoms with van der Waals surface area (Å²) >= 11 is 0. The molecule has 1 aromatic carbocycles. The quantitative estimate of drug-likeness (QED) is 0.700. The van der Waals surface area contributed by atoms with Gasteiger partial charge in [-0.05, 0) is 36.7 Å². The van der Waals surface area contributed by atoms with Gasteiger partial charge >= 0.3 is 0 Å². The van der Waals surface area contributed by atoms with Crippen molar-refractivity contribution >= 4 is 20.9 Å². The number of nitrogens with zero attached hydrogens (tertiary/aromatic N) is 1. The van der Waals surface area contributed by atoms with Gasteiger partial charge in [-0.15, -0.1) is 0 Å². The summed E-state index contributed by atoms with van der Waals surface area (Å²) in [5.74, 6) is 0.0932. The minimum atomic E-state index is -3.19. The number of nitrogens with one attached hydrogen (secondary N) is 2. The summed E-state index contributed by atoms with van der Waals surface area (Å²) in [5, 5.41) is 1.11. The molecular weight excluding hydrogens is 310 g/mol. The molecule has 0 fully saturated rings. The van der Waals surface area contributed by atoms with Crippen molar-refractivity contribution in [3.63, 3.8) is 0 Å². The minimum absolute atomic E-state index is 0.0932. The fraction of sp³-hybridized carbons (Fsp3) is 0.235. The first kappa shape index (κ1) is 15.7. The second-order valence-corrected chi connectivity index (χ2v) is 7.65. The van der Waals surface area contributed by atoms with Crippen molar-refractivity contribution in [3.8, 4) is 11.1 Å². The predicted octanol–water partition coefficient (Wildman–Crippen LogP) is 1.75. The SMILES string of the molecule is CNS(=O)(=O)CCc1ccc2[nH]cc(-c3cc[n+](C)cc3)c2c1. The highest BCUT2D eigenvalue weighted by atomic mass is 32.2. The molecule has 2 N–H and O–H groups in total. The van der Waals surface area contributed by atoms with Crippen molar-refractivity contribution < 1.29 is 13.0 Å². The van der Waals surface area contributed by atoms with Crippen LogP contribution in [-0.4, -0.2) is 26.2 Å². The zero-order valence-corrected chi connectivity index (χ0v) is 14.0. The average molecular weight is 330 g/mol. The molecule has 0 aliphatic heterocycles. The maximum Gasteiger partial charge on any atom is 0.211 e. The molecule has 23 heavy (non-hydrogen) atoms. The van der Waals surface area contributed by atoms with Gasteiger partial charge < -0.3 is 4.98 Å². The molecule has 0 amide bonds. The molecule has 3 rings (SSSR count). The standard InChI is InChI=1S/C17H19N3O2S/c1-18-23(21,22)10-7-13-3-4-17-15(11-13)16(12-19-17)14-5-8-20(2)9-6-14/h3-6,8-9,11-12,18H,7,10H2,1-2H3/p+1. The van der Waals surface area contributed by atoms with E-state index in [2.05, 4.69) is 27.9 Å². The van der Waals surface area contributed by atoms with E-state index in [9.17, 15) is 8.42 Å². The molecule has 0 unspecified atom stereocenters. The van der Waals surface area contributed by atoms with Gasteiger partial charge in [-0.2, -0.15) is 0 Å². The van der Waals surface area contributed by atoms with Crippen LogP contribution in [0.3, 0.4) is 0 Å². The Kier molecular flexibility index (Phi) is 4.19. The smallest absolute Gasteiger partial charge is 0.211 e. The molecule has 0 aliphatic rings. The lowest BCUT2D eigenvalue weighted by Gasteiger charge is -2.04. The Morgan fingerprint density at radius 1 is 1.17 bits per heavy atom. The van der Waals surface area contributed by atoms with E-state index in [-0.39, 0.29) is 5.75 Å². The average Bonchev–Trinajstić information content (AvgIpc) is 2.97. The van der Waals surface area contributed by atoms with Crippen molar-refractivity contribution in [2.45, 2.75) is 6.42 Å². The highest BCUT2D eigenvalue weighted by Gasteiger charge is 2.10. The van der Waals surface area contributed by atoms with E-state index in [0.29, 0.717) is 6.42 Å². The highest BCUT2D eigenvalue weighted by molar-refractivity contribution is 7.89. The number of fused-ring (bicyclic) bond motifs is 1. The van der Waals surface area contributed by atoms with E-state index in [1.165, 1.54) is 7.05 Å². The van der Waals surface area contributed by atoms with Crippen molar-refractivity contribution in [2.75, 3.05) is 12.8 Å². The number of H-pyrrole nitrogens is 1. The molecule has 0 radical (unpaired) electrons. The third-order valence-corrected chi connectivity index (χ3v) is 5.37. The lowest BCUT2D eigenvalue weighted by atomic mass is 10.0. The van der Waals surface area contributed by atoms with Gasteiger partial charge in [0.1, 0.15) is 7.05 Å². The van der Waals surface area contributed by atoms with Crippen LogP contribution in [0.25, 0.3) is 22.0 Å². The Morgan fingerprint density at radius 2 is 1.91 bits per heavy atom. The first-order chi connectivity index (χ1) is 11.0. The van der Waals surface area contributed by atoms with Crippen LogP contribution in [0.1, 0.15) is 5.56 Å². The number of sulfonamides is 1. The van der Waals surface area contributed by atoms with Crippen LogP contribution in [0.4, 0.5) is 0 Å². The van der Waals surface area contributed by atoms with E-state index in [0.717, 1.165) is 27.6 Å². The third kappa shape index (κ3) is 3.43. The Morgan fingerprint density at radius 3 is 2.61 bits per heavy atom. The first-order valence-electron chi connectivity index (χ1n) is 7.45. The van der Waals surface area contributed by atoms with E-state index in [1.807, 2.05) is 42.3 Å². The minimum Gasteiger partial charge on any atom is -0.361 e. The Hall–Kier alpha value is -2.18. The fourth-order valence-corrected chi connectivity index (χ4v) is 3.31. The van der Waals surface area contributed by atoms with Gasteiger partial charge in [0.15, 0.2) is 12.4 Å². The molecule has 0 bridgehead atoms. The van der Waals surface area contributed by atoms with E-state index < -0.39 is 10.0 Å². The molecule has 3 aromatic rings. The Labute approximate surface area is 136 Å². The lowest BCUT2D eigenvalue weighted by molar-refractivity contribution is -0.671. The number of aromatic nitrogens is 2. The number of rotatable bonds is 5. The van der Waals surface area contributed by atoms with Crippen LogP contribution in [-0.2, 0) is 23.5 Å². The second kappa shape index (κ2) is 6.14. The molecular formula is C17H20N3O2S+. The molecule has 120 valence electrons. The van der Waals surface area contributed by atoms with Gasteiger partial charge in [-0.25, -0.2) is 17.7 Å². The normalized spacial score (nSPS) is 11.9. The highest BCUT2D eigenvalue weighted by Crippen LogP contribution is 2.28.